The minimum atomic E-state index is -3.93. The maximum absolute atomic E-state index is 13.2. The quantitative estimate of drug-likeness (QED) is 0.687. The Labute approximate surface area is 112 Å². The minimum Gasteiger partial charge on any atom is -0.399 e. The zero-order valence-electron chi connectivity index (χ0n) is 11.0. The monoisotopic (exact) mass is 290 g/mol. The highest BCUT2D eigenvalue weighted by molar-refractivity contribution is 7.89. The Hall–Kier alpha value is -1.18. The van der Waals surface area contributed by atoms with Gasteiger partial charge in [-0.1, -0.05) is 13.8 Å². The molecule has 0 saturated carbocycles. The van der Waals surface area contributed by atoms with Gasteiger partial charge in [-0.15, -0.1) is 0 Å². The first-order chi connectivity index (χ1) is 8.78. The number of nitrogen functional groups attached to an aromatic ring is 1. The van der Waals surface area contributed by atoms with Crippen LogP contribution >= 0.6 is 0 Å². The highest BCUT2D eigenvalue weighted by Crippen LogP contribution is 2.21. The summed E-state index contributed by atoms with van der Waals surface area (Å²) < 4.78 is 40.0. The summed E-state index contributed by atoms with van der Waals surface area (Å²) in [6.07, 6.45) is 0.841. The van der Waals surface area contributed by atoms with Crippen LogP contribution in [0.1, 0.15) is 26.7 Å². The molecule has 7 heteroatoms. The summed E-state index contributed by atoms with van der Waals surface area (Å²) in [5, 5.41) is 9.37. The van der Waals surface area contributed by atoms with Crippen LogP contribution in [0.2, 0.25) is 0 Å². The van der Waals surface area contributed by atoms with Crippen LogP contribution in [-0.2, 0) is 10.0 Å². The van der Waals surface area contributed by atoms with Gasteiger partial charge in [0.15, 0.2) is 0 Å². The molecule has 0 fully saturated rings. The molecule has 0 spiro atoms. The molecule has 0 radical (unpaired) electrons. The van der Waals surface area contributed by atoms with Crippen molar-refractivity contribution < 1.29 is 17.9 Å². The van der Waals surface area contributed by atoms with Gasteiger partial charge in [-0.25, -0.2) is 17.5 Å². The van der Waals surface area contributed by atoms with Crippen molar-refractivity contribution in [2.45, 2.75) is 37.1 Å². The van der Waals surface area contributed by atoms with Crippen molar-refractivity contribution in [3.05, 3.63) is 24.0 Å². The molecule has 1 aromatic carbocycles. The molecule has 1 aromatic rings. The number of nitrogens with one attached hydrogen (secondary N) is 1. The van der Waals surface area contributed by atoms with E-state index in [1.54, 1.807) is 13.8 Å². The summed E-state index contributed by atoms with van der Waals surface area (Å²) in [6, 6.07) is 3.11. The van der Waals surface area contributed by atoms with E-state index in [2.05, 4.69) is 4.72 Å². The molecular formula is C12H19FN2O3S. The van der Waals surface area contributed by atoms with Crippen LogP contribution in [0.25, 0.3) is 0 Å². The maximum Gasteiger partial charge on any atom is 0.241 e. The van der Waals surface area contributed by atoms with Gasteiger partial charge >= 0.3 is 0 Å². The number of hydrogen-bond donors (Lipinski definition) is 3. The van der Waals surface area contributed by atoms with E-state index in [1.165, 1.54) is 6.07 Å². The van der Waals surface area contributed by atoms with Gasteiger partial charge in [0.2, 0.25) is 10.0 Å². The van der Waals surface area contributed by atoms with Crippen molar-refractivity contribution in [2.75, 3.05) is 12.3 Å². The lowest BCUT2D eigenvalue weighted by Gasteiger charge is -2.30. The third-order valence-corrected chi connectivity index (χ3v) is 4.77. The molecule has 108 valence electrons. The molecule has 0 saturated heterocycles. The number of hydrogen-bond acceptors (Lipinski definition) is 4. The van der Waals surface area contributed by atoms with E-state index in [1.807, 2.05) is 0 Å². The van der Waals surface area contributed by atoms with Crippen LogP contribution in [0.3, 0.4) is 0 Å². The van der Waals surface area contributed by atoms with Crippen molar-refractivity contribution in [3.63, 3.8) is 0 Å². The molecular weight excluding hydrogens is 271 g/mol. The van der Waals surface area contributed by atoms with Crippen LogP contribution in [-0.4, -0.2) is 25.7 Å². The first-order valence-electron chi connectivity index (χ1n) is 5.99. The number of benzene rings is 1. The van der Waals surface area contributed by atoms with Crippen LogP contribution < -0.4 is 10.5 Å². The predicted molar refractivity (Wildman–Crippen MR) is 71.5 cm³/mol. The Balaban J connectivity index is 3.17. The van der Waals surface area contributed by atoms with Crippen molar-refractivity contribution in [1.82, 2.24) is 4.72 Å². The normalized spacial score (nSPS) is 12.6. The Morgan fingerprint density at radius 2 is 1.89 bits per heavy atom. The third kappa shape index (κ3) is 3.65. The lowest BCUT2D eigenvalue weighted by Crippen LogP contribution is -2.50. The standard InChI is InChI=1S/C12H19FN2O3S/c1-3-12(4-2,8-16)15-19(17,18)11-6-9(13)5-10(14)7-11/h5-7,15-16H,3-4,8,14H2,1-2H3. The van der Waals surface area contributed by atoms with E-state index in [-0.39, 0.29) is 17.2 Å². The molecule has 0 aromatic heterocycles. The lowest BCUT2D eigenvalue weighted by atomic mass is 9.96. The lowest BCUT2D eigenvalue weighted by molar-refractivity contribution is 0.172. The van der Waals surface area contributed by atoms with Crippen molar-refractivity contribution in [2.24, 2.45) is 0 Å². The second kappa shape index (κ2) is 5.85. The zero-order chi connectivity index (χ0) is 14.7. The zero-order valence-corrected chi connectivity index (χ0v) is 11.8. The van der Waals surface area contributed by atoms with Gasteiger partial charge in [-0.05, 0) is 31.0 Å². The van der Waals surface area contributed by atoms with Gasteiger partial charge in [0.25, 0.3) is 0 Å². The fourth-order valence-corrected chi connectivity index (χ4v) is 3.33. The first-order valence-corrected chi connectivity index (χ1v) is 7.48. The van der Waals surface area contributed by atoms with Crippen molar-refractivity contribution in [3.8, 4) is 0 Å². The largest absolute Gasteiger partial charge is 0.399 e. The van der Waals surface area contributed by atoms with E-state index < -0.39 is 21.4 Å². The number of aliphatic hydroxyl groups excluding tert-OH is 1. The molecule has 1 rings (SSSR count). The molecule has 0 amide bonds. The molecule has 5 nitrogen and oxygen atoms in total. The maximum atomic E-state index is 13.2. The summed E-state index contributed by atoms with van der Waals surface area (Å²) in [7, 11) is -3.93. The highest BCUT2D eigenvalue weighted by Gasteiger charge is 2.31. The SMILES string of the molecule is CCC(CC)(CO)NS(=O)(=O)c1cc(N)cc(F)c1. The Kier molecular flexibility index (Phi) is 4.89. The van der Waals surface area contributed by atoms with Gasteiger partial charge in [0.05, 0.1) is 17.0 Å². The average molecular weight is 290 g/mol. The number of nitrogens with two attached hydrogens (primary N) is 1. The summed E-state index contributed by atoms with van der Waals surface area (Å²) in [4.78, 5) is -0.246. The molecule has 0 aliphatic carbocycles. The molecule has 0 heterocycles. The van der Waals surface area contributed by atoms with Crippen molar-refractivity contribution >= 4 is 15.7 Å². The van der Waals surface area contributed by atoms with Crippen LogP contribution in [0.5, 0.6) is 0 Å². The van der Waals surface area contributed by atoms with Gasteiger partial charge in [0.1, 0.15) is 5.82 Å². The molecule has 0 atom stereocenters. The van der Waals surface area contributed by atoms with Crippen molar-refractivity contribution in [1.29, 1.82) is 0 Å². The number of aliphatic hydroxyl groups is 1. The molecule has 4 N–H and O–H groups in total. The van der Waals surface area contributed by atoms with Gasteiger partial charge in [0, 0.05) is 5.69 Å². The van der Waals surface area contributed by atoms with Crippen LogP contribution in [0, 0.1) is 5.82 Å². The van der Waals surface area contributed by atoms with E-state index >= 15 is 0 Å². The van der Waals surface area contributed by atoms with E-state index in [0.29, 0.717) is 12.8 Å². The number of anilines is 1. The molecule has 0 bridgehead atoms. The Morgan fingerprint density at radius 3 is 2.32 bits per heavy atom. The second-order valence-electron chi connectivity index (χ2n) is 4.47. The number of sulfonamides is 1. The van der Waals surface area contributed by atoms with E-state index in [0.717, 1.165) is 12.1 Å². The molecule has 0 aliphatic rings. The topological polar surface area (TPSA) is 92.4 Å². The van der Waals surface area contributed by atoms with E-state index in [9.17, 15) is 17.9 Å². The van der Waals surface area contributed by atoms with Crippen LogP contribution in [0.15, 0.2) is 23.1 Å². The first kappa shape index (κ1) is 15.9. The summed E-state index contributed by atoms with van der Waals surface area (Å²) in [5.74, 6) is -0.719. The van der Waals surface area contributed by atoms with Gasteiger partial charge in [-0.3, -0.25) is 0 Å². The fourth-order valence-electron chi connectivity index (χ4n) is 1.73. The fraction of sp³-hybridized carbons (Fsp3) is 0.500. The second-order valence-corrected chi connectivity index (χ2v) is 6.15. The Bertz CT molecular complexity index is 513. The predicted octanol–water partition coefficient (Wildman–Crippen LogP) is 1.24. The molecule has 19 heavy (non-hydrogen) atoms. The third-order valence-electron chi connectivity index (χ3n) is 3.21. The Morgan fingerprint density at radius 1 is 1.32 bits per heavy atom. The smallest absolute Gasteiger partial charge is 0.241 e. The highest BCUT2D eigenvalue weighted by atomic mass is 32.2. The molecule has 0 aliphatic heterocycles. The van der Waals surface area contributed by atoms with Gasteiger partial charge in [-0.2, -0.15) is 0 Å². The average Bonchev–Trinajstić information content (AvgIpc) is 2.35. The minimum absolute atomic E-state index is 0.0305. The van der Waals surface area contributed by atoms with Gasteiger partial charge < -0.3 is 10.8 Å². The number of halogens is 1. The summed E-state index contributed by atoms with van der Waals surface area (Å²) >= 11 is 0. The molecule has 0 unspecified atom stereocenters. The summed E-state index contributed by atoms with van der Waals surface area (Å²) in [6.45, 7) is 3.20. The van der Waals surface area contributed by atoms with E-state index in [4.69, 9.17) is 5.73 Å². The number of rotatable bonds is 6. The summed E-state index contributed by atoms with van der Waals surface area (Å²) in [5.41, 5.74) is 4.52. The van der Waals surface area contributed by atoms with Crippen LogP contribution in [0.4, 0.5) is 10.1 Å².